The van der Waals surface area contributed by atoms with Crippen molar-refractivity contribution >= 4 is 28.8 Å². The number of rotatable bonds is 9. The summed E-state index contributed by atoms with van der Waals surface area (Å²) in [5.41, 5.74) is 8.72. The second kappa shape index (κ2) is 11.3. The van der Waals surface area contributed by atoms with Crippen LogP contribution >= 0.6 is 0 Å². The second-order valence-electron chi connectivity index (χ2n) is 9.22. The smallest absolute Gasteiger partial charge is 0.221 e. The average molecular weight is 495 g/mol. The molecule has 0 atom stereocenters. The van der Waals surface area contributed by atoms with Crippen molar-refractivity contribution in [2.45, 2.75) is 32.9 Å². The number of carbonyl (C=O) groups is 1. The molecule has 0 bridgehead atoms. The largest absolute Gasteiger partial charge is 0.380 e. The number of primary amides is 1. The zero-order valence-electron chi connectivity index (χ0n) is 20.6. The first-order valence-corrected chi connectivity index (χ1v) is 12.1. The maximum absolute atomic E-state index is 14.1. The Morgan fingerprint density at radius 2 is 1.78 bits per heavy atom. The fourth-order valence-electron chi connectivity index (χ4n) is 4.32. The van der Waals surface area contributed by atoms with Gasteiger partial charge in [0.25, 0.3) is 0 Å². The topological polar surface area (TPSA) is 86.5 Å². The molecule has 1 aliphatic rings. The summed E-state index contributed by atoms with van der Waals surface area (Å²) in [6.07, 6.45) is 1.53. The number of aromatic nitrogens is 1. The minimum atomic E-state index is -0.908. The summed E-state index contributed by atoms with van der Waals surface area (Å²) in [5, 5.41) is 6.36. The van der Waals surface area contributed by atoms with Crippen molar-refractivity contribution in [1.29, 1.82) is 0 Å². The highest BCUT2D eigenvalue weighted by atomic mass is 19.2. The van der Waals surface area contributed by atoms with Gasteiger partial charge in [-0.15, -0.1) is 0 Å². The molecule has 190 valence electrons. The van der Waals surface area contributed by atoms with Crippen LogP contribution in [-0.4, -0.2) is 48.0 Å². The summed E-state index contributed by atoms with van der Waals surface area (Å²) in [4.78, 5) is 20.8. The Bertz CT molecular complexity index is 1190. The van der Waals surface area contributed by atoms with Crippen LogP contribution in [0.3, 0.4) is 0 Å². The lowest BCUT2D eigenvalue weighted by Gasteiger charge is -2.38. The molecule has 1 saturated heterocycles. The van der Waals surface area contributed by atoms with Crippen LogP contribution in [0.4, 0.5) is 31.7 Å². The lowest BCUT2D eigenvalue weighted by Crippen LogP contribution is -2.48. The van der Waals surface area contributed by atoms with E-state index in [2.05, 4.69) is 51.4 Å². The third kappa shape index (κ3) is 6.28. The number of carbonyl (C=O) groups excluding carboxylic acids is 1. The zero-order valence-corrected chi connectivity index (χ0v) is 20.6. The quantitative estimate of drug-likeness (QED) is 0.412. The van der Waals surface area contributed by atoms with E-state index in [0.29, 0.717) is 23.1 Å². The van der Waals surface area contributed by atoms with Gasteiger partial charge in [-0.05, 0) is 44.2 Å². The van der Waals surface area contributed by atoms with Crippen molar-refractivity contribution in [1.82, 2.24) is 9.88 Å². The molecule has 1 fully saturated rings. The standard InChI is InChI=1S/C27H32F2N6O/c1-18(2)34-10-12-35(13-11-34)22-8-6-21(7-9-22)33-26-15-24(20(17-32-26)14-25(30)36)31-16-19-4-3-5-23(28)27(19)29/h3-9,15,17-18H,10-14,16H2,1-2H3,(H2,30,36)(H2,31,32,33). The van der Waals surface area contributed by atoms with Crippen LogP contribution < -0.4 is 21.3 Å². The first-order valence-electron chi connectivity index (χ1n) is 12.1. The maximum Gasteiger partial charge on any atom is 0.221 e. The average Bonchev–Trinajstić information content (AvgIpc) is 2.86. The maximum atomic E-state index is 14.1. The number of nitrogens with zero attached hydrogens (tertiary/aromatic N) is 3. The van der Waals surface area contributed by atoms with E-state index in [1.807, 2.05) is 12.1 Å². The Morgan fingerprint density at radius 1 is 1.06 bits per heavy atom. The van der Waals surface area contributed by atoms with Gasteiger partial charge in [-0.25, -0.2) is 13.8 Å². The summed E-state index contributed by atoms with van der Waals surface area (Å²) in [6, 6.07) is 14.5. The van der Waals surface area contributed by atoms with Crippen LogP contribution in [0.2, 0.25) is 0 Å². The molecule has 2 heterocycles. The van der Waals surface area contributed by atoms with Gasteiger partial charge in [-0.1, -0.05) is 12.1 Å². The van der Waals surface area contributed by atoms with Crippen molar-refractivity contribution in [2.75, 3.05) is 41.7 Å². The summed E-state index contributed by atoms with van der Waals surface area (Å²) >= 11 is 0. The van der Waals surface area contributed by atoms with E-state index in [1.165, 1.54) is 17.8 Å². The van der Waals surface area contributed by atoms with Gasteiger partial charge >= 0.3 is 0 Å². The number of amides is 1. The van der Waals surface area contributed by atoms with Crippen molar-refractivity contribution in [3.8, 4) is 0 Å². The molecule has 0 saturated carbocycles. The van der Waals surface area contributed by atoms with Crippen LogP contribution in [0.15, 0.2) is 54.7 Å². The van der Waals surface area contributed by atoms with Crippen LogP contribution in [0.25, 0.3) is 0 Å². The van der Waals surface area contributed by atoms with E-state index >= 15 is 0 Å². The molecule has 7 nitrogen and oxygen atoms in total. The summed E-state index contributed by atoms with van der Waals surface area (Å²) < 4.78 is 27.7. The Balaban J connectivity index is 1.45. The number of hydrogen-bond donors (Lipinski definition) is 3. The number of nitrogens with two attached hydrogens (primary N) is 1. The molecule has 36 heavy (non-hydrogen) atoms. The molecule has 1 aliphatic heterocycles. The predicted molar refractivity (Wildman–Crippen MR) is 139 cm³/mol. The number of anilines is 4. The fraction of sp³-hybridized carbons (Fsp3) is 0.333. The van der Waals surface area contributed by atoms with Crippen LogP contribution in [0.5, 0.6) is 0 Å². The monoisotopic (exact) mass is 494 g/mol. The number of nitrogens with one attached hydrogen (secondary N) is 2. The van der Waals surface area contributed by atoms with E-state index in [1.54, 1.807) is 12.3 Å². The molecular weight excluding hydrogens is 462 g/mol. The molecule has 3 aromatic rings. The van der Waals surface area contributed by atoms with Gasteiger partial charge in [0, 0.05) is 79.2 Å². The fourth-order valence-corrected chi connectivity index (χ4v) is 4.32. The Labute approximate surface area is 210 Å². The lowest BCUT2D eigenvalue weighted by atomic mass is 10.1. The van der Waals surface area contributed by atoms with Gasteiger partial charge in [-0.3, -0.25) is 9.69 Å². The van der Waals surface area contributed by atoms with Gasteiger partial charge in [0.2, 0.25) is 5.91 Å². The minimum Gasteiger partial charge on any atom is -0.380 e. The molecule has 0 unspecified atom stereocenters. The number of hydrogen-bond acceptors (Lipinski definition) is 6. The molecule has 0 radical (unpaired) electrons. The summed E-state index contributed by atoms with van der Waals surface area (Å²) in [5.74, 6) is -1.78. The highest BCUT2D eigenvalue weighted by molar-refractivity contribution is 5.79. The van der Waals surface area contributed by atoms with E-state index in [4.69, 9.17) is 5.73 Å². The minimum absolute atomic E-state index is 0.0278. The Hall–Kier alpha value is -3.72. The lowest BCUT2D eigenvalue weighted by molar-refractivity contribution is -0.117. The van der Waals surface area contributed by atoms with Crippen LogP contribution in [-0.2, 0) is 17.8 Å². The molecule has 1 aromatic heterocycles. The molecule has 0 aliphatic carbocycles. The number of piperazine rings is 1. The predicted octanol–water partition coefficient (Wildman–Crippen LogP) is 4.27. The van der Waals surface area contributed by atoms with Crippen molar-refractivity contribution in [3.63, 3.8) is 0 Å². The highest BCUT2D eigenvalue weighted by Crippen LogP contribution is 2.25. The van der Waals surface area contributed by atoms with Gasteiger partial charge in [0.05, 0.1) is 6.42 Å². The first kappa shape index (κ1) is 25.4. The van der Waals surface area contributed by atoms with Crippen molar-refractivity contribution < 1.29 is 13.6 Å². The third-order valence-corrected chi connectivity index (χ3v) is 6.40. The number of pyridine rings is 1. The van der Waals surface area contributed by atoms with Gasteiger partial charge < -0.3 is 21.3 Å². The third-order valence-electron chi connectivity index (χ3n) is 6.40. The Morgan fingerprint density at radius 3 is 2.44 bits per heavy atom. The van der Waals surface area contributed by atoms with Gasteiger partial charge in [0.1, 0.15) is 5.82 Å². The van der Waals surface area contributed by atoms with E-state index in [9.17, 15) is 13.6 Å². The zero-order chi connectivity index (χ0) is 25.7. The van der Waals surface area contributed by atoms with Crippen molar-refractivity contribution in [2.24, 2.45) is 5.73 Å². The highest BCUT2D eigenvalue weighted by Gasteiger charge is 2.19. The molecule has 2 aromatic carbocycles. The molecule has 0 spiro atoms. The van der Waals surface area contributed by atoms with Crippen molar-refractivity contribution in [3.05, 3.63) is 77.5 Å². The summed E-state index contributed by atoms with van der Waals surface area (Å²) in [6.45, 7) is 8.58. The number of benzene rings is 2. The summed E-state index contributed by atoms with van der Waals surface area (Å²) in [7, 11) is 0. The van der Waals surface area contributed by atoms with Crippen LogP contribution in [0, 0.1) is 11.6 Å². The first-order chi connectivity index (χ1) is 17.3. The van der Waals surface area contributed by atoms with Crippen LogP contribution in [0.1, 0.15) is 25.0 Å². The van der Waals surface area contributed by atoms with Gasteiger partial charge in [0.15, 0.2) is 11.6 Å². The number of halogens is 2. The normalized spacial score (nSPS) is 14.2. The molecule has 1 amide bonds. The van der Waals surface area contributed by atoms with E-state index in [0.717, 1.165) is 37.9 Å². The SMILES string of the molecule is CC(C)N1CCN(c2ccc(Nc3cc(NCc4cccc(F)c4F)c(CC(N)=O)cn3)cc2)CC1. The van der Waals surface area contributed by atoms with E-state index in [-0.39, 0.29) is 18.5 Å². The van der Waals surface area contributed by atoms with Gasteiger partial charge in [-0.2, -0.15) is 0 Å². The molecule has 4 rings (SSSR count). The van der Waals surface area contributed by atoms with E-state index < -0.39 is 17.5 Å². The molecular formula is C27H32F2N6O. The second-order valence-corrected chi connectivity index (χ2v) is 9.22. The molecule has 9 heteroatoms. The Kier molecular flexibility index (Phi) is 8.00. The molecule has 4 N–H and O–H groups in total.